The zero-order valence-corrected chi connectivity index (χ0v) is 20.5. The van der Waals surface area contributed by atoms with Crippen LogP contribution in [0.5, 0.6) is 23.0 Å². The summed E-state index contributed by atoms with van der Waals surface area (Å²) in [5.41, 5.74) is 5.30. The van der Waals surface area contributed by atoms with Gasteiger partial charge in [-0.3, -0.25) is 0 Å². The third-order valence-electron chi connectivity index (χ3n) is 5.88. The lowest BCUT2D eigenvalue weighted by Crippen LogP contribution is -2.35. The number of aliphatic hydroxyl groups is 1. The Bertz CT molecular complexity index is 1150. The minimum absolute atomic E-state index is 0.219. The van der Waals surface area contributed by atoms with Crippen LogP contribution in [0, 0.1) is 0 Å². The number of ether oxygens (including phenoxy) is 3. The van der Waals surface area contributed by atoms with E-state index in [9.17, 15) is 10.2 Å². The van der Waals surface area contributed by atoms with Crippen LogP contribution in [0.15, 0.2) is 66.7 Å². The summed E-state index contributed by atoms with van der Waals surface area (Å²) >= 11 is 0. The maximum Gasteiger partial charge on any atom is 0.231 e. The highest BCUT2D eigenvalue weighted by molar-refractivity contribution is 5.99. The standard InChI is InChI=1S/C29H33NO5/c1-4-26(22-9-14-27-28(15-22)35-18-34-27)29(20-5-10-23(31)11-6-20)21-7-12-25(13-8-21)33-17-24(32)16-30-19(2)3/h5-15,19,24,30-32H,4,16-18H2,1-3H3/b29-26-. The molecule has 184 valence electrons. The summed E-state index contributed by atoms with van der Waals surface area (Å²) in [6.07, 6.45) is 0.214. The van der Waals surface area contributed by atoms with E-state index in [0.717, 1.165) is 45.8 Å². The van der Waals surface area contributed by atoms with Crippen LogP contribution in [0.25, 0.3) is 11.1 Å². The predicted molar refractivity (Wildman–Crippen MR) is 138 cm³/mol. The van der Waals surface area contributed by atoms with E-state index in [0.29, 0.717) is 18.3 Å². The SMILES string of the molecule is CC/C(=C(\c1ccc(O)cc1)c1ccc(OCC(O)CNC(C)C)cc1)c1ccc2c(c1)OCO2. The Hall–Kier alpha value is -3.48. The number of benzene rings is 3. The Morgan fingerprint density at radius 3 is 2.20 bits per heavy atom. The summed E-state index contributed by atoms with van der Waals surface area (Å²) in [7, 11) is 0. The Labute approximate surface area is 206 Å². The van der Waals surface area contributed by atoms with E-state index in [2.05, 4.69) is 18.3 Å². The van der Waals surface area contributed by atoms with Gasteiger partial charge in [-0.15, -0.1) is 0 Å². The van der Waals surface area contributed by atoms with Gasteiger partial charge in [-0.25, -0.2) is 0 Å². The first-order valence-corrected chi connectivity index (χ1v) is 12.0. The van der Waals surface area contributed by atoms with Crippen LogP contribution in [-0.2, 0) is 0 Å². The molecule has 0 amide bonds. The average molecular weight is 476 g/mol. The molecule has 1 atom stereocenters. The molecule has 0 saturated heterocycles. The molecule has 4 rings (SSSR count). The summed E-state index contributed by atoms with van der Waals surface area (Å²) in [6.45, 7) is 7.15. The van der Waals surface area contributed by atoms with Crippen LogP contribution in [0.4, 0.5) is 0 Å². The molecule has 1 aliphatic rings. The molecule has 6 heteroatoms. The second-order valence-electron chi connectivity index (χ2n) is 8.87. The minimum atomic E-state index is -0.581. The molecule has 0 saturated carbocycles. The molecule has 0 aliphatic carbocycles. The highest BCUT2D eigenvalue weighted by Crippen LogP contribution is 2.40. The summed E-state index contributed by atoms with van der Waals surface area (Å²) in [6, 6.07) is 21.5. The van der Waals surface area contributed by atoms with Gasteiger partial charge < -0.3 is 29.7 Å². The number of aromatic hydroxyl groups is 1. The summed E-state index contributed by atoms with van der Waals surface area (Å²) < 4.78 is 16.9. The monoisotopic (exact) mass is 475 g/mol. The first-order valence-electron chi connectivity index (χ1n) is 12.0. The zero-order valence-electron chi connectivity index (χ0n) is 20.5. The smallest absolute Gasteiger partial charge is 0.231 e. The van der Waals surface area contributed by atoms with E-state index < -0.39 is 6.10 Å². The maximum atomic E-state index is 10.1. The minimum Gasteiger partial charge on any atom is -0.508 e. The fourth-order valence-electron chi connectivity index (χ4n) is 4.09. The third kappa shape index (κ3) is 6.15. The van der Waals surface area contributed by atoms with Crippen molar-refractivity contribution in [3.05, 3.63) is 83.4 Å². The topological polar surface area (TPSA) is 80.2 Å². The van der Waals surface area contributed by atoms with Gasteiger partial charge >= 0.3 is 0 Å². The number of phenolic OH excluding ortho intramolecular Hbond substituents is 1. The highest BCUT2D eigenvalue weighted by Gasteiger charge is 2.18. The Morgan fingerprint density at radius 1 is 0.914 bits per heavy atom. The number of aliphatic hydroxyl groups excluding tert-OH is 1. The quantitative estimate of drug-likeness (QED) is 0.349. The fraction of sp³-hybridized carbons (Fsp3) is 0.310. The Morgan fingerprint density at radius 2 is 1.54 bits per heavy atom. The van der Waals surface area contributed by atoms with Gasteiger partial charge in [0, 0.05) is 12.6 Å². The first-order chi connectivity index (χ1) is 16.9. The number of nitrogens with one attached hydrogen (secondary N) is 1. The lowest BCUT2D eigenvalue weighted by Gasteiger charge is -2.18. The molecule has 3 aromatic carbocycles. The van der Waals surface area contributed by atoms with Gasteiger partial charge in [0.15, 0.2) is 11.5 Å². The van der Waals surface area contributed by atoms with E-state index in [4.69, 9.17) is 14.2 Å². The molecular formula is C29H33NO5. The fourth-order valence-corrected chi connectivity index (χ4v) is 4.09. The van der Waals surface area contributed by atoms with Gasteiger partial charge in [-0.2, -0.15) is 0 Å². The summed E-state index contributed by atoms with van der Waals surface area (Å²) in [4.78, 5) is 0. The molecule has 0 fully saturated rings. The molecule has 1 unspecified atom stereocenters. The van der Waals surface area contributed by atoms with Gasteiger partial charge in [0.1, 0.15) is 24.2 Å². The van der Waals surface area contributed by atoms with E-state index in [1.807, 2.05) is 62.4 Å². The van der Waals surface area contributed by atoms with Crippen molar-refractivity contribution in [2.45, 2.75) is 39.3 Å². The van der Waals surface area contributed by atoms with Crippen molar-refractivity contribution in [2.75, 3.05) is 19.9 Å². The highest BCUT2D eigenvalue weighted by atomic mass is 16.7. The molecule has 1 aliphatic heterocycles. The largest absolute Gasteiger partial charge is 0.508 e. The van der Waals surface area contributed by atoms with Crippen LogP contribution in [-0.4, -0.2) is 42.3 Å². The Kier molecular flexibility index (Phi) is 7.95. The van der Waals surface area contributed by atoms with Crippen molar-refractivity contribution in [3.8, 4) is 23.0 Å². The number of fused-ring (bicyclic) bond motifs is 1. The molecule has 0 bridgehead atoms. The van der Waals surface area contributed by atoms with Crippen molar-refractivity contribution in [3.63, 3.8) is 0 Å². The number of allylic oxidation sites excluding steroid dienone is 1. The van der Waals surface area contributed by atoms with Crippen molar-refractivity contribution in [1.29, 1.82) is 0 Å². The van der Waals surface area contributed by atoms with Crippen LogP contribution < -0.4 is 19.5 Å². The van der Waals surface area contributed by atoms with Crippen molar-refractivity contribution in [1.82, 2.24) is 5.32 Å². The number of phenols is 1. The van der Waals surface area contributed by atoms with Gasteiger partial charge in [0.2, 0.25) is 6.79 Å². The van der Waals surface area contributed by atoms with Gasteiger partial charge in [-0.05, 0) is 70.7 Å². The van der Waals surface area contributed by atoms with Crippen LogP contribution in [0.1, 0.15) is 43.9 Å². The molecule has 1 heterocycles. The Balaban J connectivity index is 1.65. The summed E-state index contributed by atoms with van der Waals surface area (Å²) in [5.74, 6) is 2.42. The van der Waals surface area contributed by atoms with Crippen LogP contribution in [0.2, 0.25) is 0 Å². The molecule has 0 radical (unpaired) electrons. The number of rotatable bonds is 10. The van der Waals surface area contributed by atoms with Gasteiger partial charge in [-0.1, -0.05) is 51.1 Å². The second kappa shape index (κ2) is 11.3. The molecule has 3 aromatic rings. The predicted octanol–water partition coefficient (Wildman–Crippen LogP) is 5.23. The van der Waals surface area contributed by atoms with Crippen molar-refractivity contribution < 1.29 is 24.4 Å². The third-order valence-corrected chi connectivity index (χ3v) is 5.88. The molecule has 0 spiro atoms. The molecule has 35 heavy (non-hydrogen) atoms. The molecule has 0 aromatic heterocycles. The van der Waals surface area contributed by atoms with Crippen LogP contribution >= 0.6 is 0 Å². The summed E-state index contributed by atoms with van der Waals surface area (Å²) in [5, 5.41) is 23.2. The molecule has 3 N–H and O–H groups in total. The van der Waals surface area contributed by atoms with E-state index in [-0.39, 0.29) is 19.1 Å². The number of hydrogen-bond acceptors (Lipinski definition) is 6. The maximum absolute atomic E-state index is 10.1. The van der Waals surface area contributed by atoms with Crippen LogP contribution in [0.3, 0.4) is 0 Å². The van der Waals surface area contributed by atoms with Crippen molar-refractivity contribution in [2.24, 2.45) is 0 Å². The number of hydrogen-bond donors (Lipinski definition) is 3. The molecule has 6 nitrogen and oxygen atoms in total. The lowest BCUT2D eigenvalue weighted by molar-refractivity contribution is 0.104. The lowest BCUT2D eigenvalue weighted by atomic mass is 9.88. The van der Waals surface area contributed by atoms with E-state index in [1.54, 1.807) is 12.1 Å². The molecular weight excluding hydrogens is 442 g/mol. The van der Waals surface area contributed by atoms with E-state index in [1.165, 1.54) is 0 Å². The van der Waals surface area contributed by atoms with Gasteiger partial charge in [0.05, 0.1) is 0 Å². The van der Waals surface area contributed by atoms with Gasteiger partial charge in [0.25, 0.3) is 0 Å². The normalized spacial score (nSPS) is 14.1. The first kappa shape index (κ1) is 24.6. The average Bonchev–Trinajstić information content (AvgIpc) is 3.34. The zero-order chi connectivity index (χ0) is 24.8. The second-order valence-corrected chi connectivity index (χ2v) is 8.87. The van der Waals surface area contributed by atoms with E-state index >= 15 is 0 Å². The van der Waals surface area contributed by atoms with Crippen molar-refractivity contribution >= 4 is 11.1 Å².